The molecule has 102 valence electrons. The molecule has 1 aliphatic rings. The Morgan fingerprint density at radius 2 is 1.65 bits per heavy atom. The Morgan fingerprint density at radius 1 is 1.00 bits per heavy atom. The monoisotopic (exact) mass is 265 g/mol. The summed E-state index contributed by atoms with van der Waals surface area (Å²) in [6, 6.07) is 20.9. The lowest BCUT2D eigenvalue weighted by atomic mass is 9.97. The molecule has 0 bridgehead atoms. The Balaban J connectivity index is 1.73. The van der Waals surface area contributed by atoms with Gasteiger partial charge in [0.25, 0.3) is 0 Å². The molecule has 3 rings (SSSR count). The van der Waals surface area contributed by atoms with Gasteiger partial charge in [0, 0.05) is 13.1 Å². The van der Waals surface area contributed by atoms with Gasteiger partial charge in [-0.1, -0.05) is 60.7 Å². The van der Waals surface area contributed by atoms with Crippen molar-refractivity contribution in [2.24, 2.45) is 0 Å². The molecule has 0 aliphatic carbocycles. The average Bonchev–Trinajstić information content (AvgIpc) is 2.92. The summed E-state index contributed by atoms with van der Waals surface area (Å²) in [4.78, 5) is 13.6. The summed E-state index contributed by atoms with van der Waals surface area (Å²) in [5.74, 6) is 0.468. The number of aldehydes is 1. The van der Waals surface area contributed by atoms with Gasteiger partial charge < -0.3 is 4.79 Å². The zero-order valence-electron chi connectivity index (χ0n) is 11.5. The molecule has 0 saturated carbocycles. The van der Waals surface area contributed by atoms with Gasteiger partial charge in [0.15, 0.2) is 0 Å². The van der Waals surface area contributed by atoms with Crippen LogP contribution >= 0.6 is 0 Å². The largest absolute Gasteiger partial charge is 0.302 e. The molecule has 2 atom stereocenters. The highest BCUT2D eigenvalue weighted by atomic mass is 16.1. The Labute approximate surface area is 120 Å². The molecular weight excluding hydrogens is 246 g/mol. The summed E-state index contributed by atoms with van der Waals surface area (Å²) in [6.07, 6.45) is 2.03. The van der Waals surface area contributed by atoms with Gasteiger partial charge in [-0.05, 0) is 23.5 Å². The second-order valence-electron chi connectivity index (χ2n) is 5.46. The maximum atomic E-state index is 11.3. The van der Waals surface area contributed by atoms with Gasteiger partial charge in [0.05, 0.1) is 6.04 Å². The van der Waals surface area contributed by atoms with Gasteiger partial charge in [0.1, 0.15) is 6.29 Å². The highest BCUT2D eigenvalue weighted by molar-refractivity contribution is 5.59. The Kier molecular flexibility index (Phi) is 3.93. The number of hydrogen-bond acceptors (Lipinski definition) is 2. The number of carbonyl (C=O) groups excluding carboxylic acids is 1. The van der Waals surface area contributed by atoms with E-state index in [4.69, 9.17) is 0 Å². The van der Waals surface area contributed by atoms with E-state index in [9.17, 15) is 4.79 Å². The van der Waals surface area contributed by atoms with E-state index in [-0.39, 0.29) is 6.04 Å². The second-order valence-corrected chi connectivity index (χ2v) is 5.46. The molecule has 0 aromatic heterocycles. The molecule has 2 aromatic rings. The number of nitrogens with zero attached hydrogens (tertiary/aromatic N) is 1. The first-order chi connectivity index (χ1) is 9.86. The molecule has 1 fully saturated rings. The van der Waals surface area contributed by atoms with Gasteiger partial charge in [-0.2, -0.15) is 0 Å². The molecule has 0 N–H and O–H groups in total. The zero-order valence-corrected chi connectivity index (χ0v) is 11.5. The predicted octanol–water partition coefficient (Wildman–Crippen LogP) is 3.24. The van der Waals surface area contributed by atoms with Crippen LogP contribution in [0, 0.1) is 0 Å². The average molecular weight is 265 g/mol. The minimum Gasteiger partial charge on any atom is -0.302 e. The molecule has 1 saturated heterocycles. The normalized spacial score (nSPS) is 22.8. The molecule has 2 heteroatoms. The van der Waals surface area contributed by atoms with Crippen LogP contribution in [0.4, 0.5) is 0 Å². The minimum absolute atomic E-state index is 0.0420. The lowest BCUT2D eigenvalue weighted by Crippen LogP contribution is -2.30. The lowest BCUT2D eigenvalue weighted by molar-refractivity contribution is -0.111. The van der Waals surface area contributed by atoms with Crippen molar-refractivity contribution < 1.29 is 4.79 Å². The van der Waals surface area contributed by atoms with Crippen molar-refractivity contribution in [2.45, 2.75) is 24.9 Å². The number of hydrogen-bond donors (Lipinski definition) is 0. The fourth-order valence-corrected chi connectivity index (χ4v) is 3.04. The van der Waals surface area contributed by atoms with E-state index in [1.807, 2.05) is 12.1 Å². The first kappa shape index (κ1) is 13.1. The first-order valence-corrected chi connectivity index (χ1v) is 7.15. The number of rotatable bonds is 4. The van der Waals surface area contributed by atoms with Crippen molar-refractivity contribution in [3.63, 3.8) is 0 Å². The molecule has 2 nitrogen and oxygen atoms in total. The van der Waals surface area contributed by atoms with E-state index < -0.39 is 0 Å². The van der Waals surface area contributed by atoms with Crippen molar-refractivity contribution in [3.8, 4) is 0 Å². The van der Waals surface area contributed by atoms with E-state index in [0.717, 1.165) is 25.8 Å². The van der Waals surface area contributed by atoms with Crippen LogP contribution in [0.2, 0.25) is 0 Å². The summed E-state index contributed by atoms with van der Waals surface area (Å²) in [6.45, 7) is 1.82. The molecule has 0 spiro atoms. The minimum atomic E-state index is 0.0420. The first-order valence-electron chi connectivity index (χ1n) is 7.15. The van der Waals surface area contributed by atoms with Gasteiger partial charge in [-0.3, -0.25) is 4.90 Å². The van der Waals surface area contributed by atoms with Crippen LogP contribution in [0.15, 0.2) is 60.7 Å². The van der Waals surface area contributed by atoms with Crippen molar-refractivity contribution in [3.05, 3.63) is 71.8 Å². The van der Waals surface area contributed by atoms with Crippen molar-refractivity contribution in [1.82, 2.24) is 4.90 Å². The third-order valence-electron chi connectivity index (χ3n) is 4.11. The van der Waals surface area contributed by atoms with Gasteiger partial charge in [0.2, 0.25) is 0 Å². The topological polar surface area (TPSA) is 20.3 Å². The van der Waals surface area contributed by atoms with E-state index in [1.54, 1.807) is 0 Å². The Hall–Kier alpha value is -1.93. The number of likely N-dealkylation sites (tertiary alicyclic amines) is 1. The fourth-order valence-electron chi connectivity index (χ4n) is 3.04. The van der Waals surface area contributed by atoms with Crippen LogP contribution in [0.25, 0.3) is 0 Å². The Bertz CT molecular complexity index is 552. The molecule has 2 aromatic carbocycles. The molecule has 0 radical (unpaired) electrons. The maximum absolute atomic E-state index is 11.3. The van der Waals surface area contributed by atoms with Crippen LogP contribution in [0.5, 0.6) is 0 Å². The fraction of sp³-hybridized carbons (Fsp3) is 0.278. The van der Waals surface area contributed by atoms with Crippen molar-refractivity contribution >= 4 is 6.29 Å². The van der Waals surface area contributed by atoms with E-state index >= 15 is 0 Å². The Morgan fingerprint density at radius 3 is 2.30 bits per heavy atom. The second kappa shape index (κ2) is 6.02. The van der Waals surface area contributed by atoms with Crippen LogP contribution in [0.3, 0.4) is 0 Å². The maximum Gasteiger partial charge on any atom is 0.137 e. The van der Waals surface area contributed by atoms with Crippen LogP contribution in [-0.2, 0) is 11.3 Å². The molecule has 20 heavy (non-hydrogen) atoms. The van der Waals surface area contributed by atoms with Crippen molar-refractivity contribution in [1.29, 1.82) is 0 Å². The third-order valence-corrected chi connectivity index (χ3v) is 4.11. The highest BCUT2D eigenvalue weighted by Gasteiger charge is 2.32. The summed E-state index contributed by atoms with van der Waals surface area (Å²) < 4.78 is 0. The van der Waals surface area contributed by atoms with Gasteiger partial charge >= 0.3 is 0 Å². The number of benzene rings is 2. The SMILES string of the molecule is O=CC1CC(c2ccccc2)CN1Cc1ccccc1. The summed E-state index contributed by atoms with van der Waals surface area (Å²) in [5.41, 5.74) is 2.61. The molecule has 2 unspecified atom stereocenters. The highest BCUT2D eigenvalue weighted by Crippen LogP contribution is 2.31. The third kappa shape index (κ3) is 2.81. The summed E-state index contributed by atoms with van der Waals surface area (Å²) in [7, 11) is 0. The quantitative estimate of drug-likeness (QED) is 0.791. The van der Waals surface area contributed by atoms with E-state index in [2.05, 4.69) is 53.4 Å². The van der Waals surface area contributed by atoms with Crippen LogP contribution in [-0.4, -0.2) is 23.8 Å². The zero-order chi connectivity index (χ0) is 13.8. The van der Waals surface area contributed by atoms with Gasteiger partial charge in [-0.25, -0.2) is 0 Å². The summed E-state index contributed by atoms with van der Waals surface area (Å²) >= 11 is 0. The van der Waals surface area contributed by atoms with Crippen LogP contribution in [0.1, 0.15) is 23.5 Å². The number of carbonyl (C=O) groups is 1. The smallest absolute Gasteiger partial charge is 0.137 e. The molecule has 0 amide bonds. The van der Waals surface area contributed by atoms with E-state index in [0.29, 0.717) is 5.92 Å². The summed E-state index contributed by atoms with van der Waals surface area (Å²) in [5, 5.41) is 0. The molecule has 1 aliphatic heterocycles. The molecule has 1 heterocycles. The van der Waals surface area contributed by atoms with Gasteiger partial charge in [-0.15, -0.1) is 0 Å². The lowest BCUT2D eigenvalue weighted by Gasteiger charge is -2.20. The predicted molar refractivity (Wildman–Crippen MR) is 80.5 cm³/mol. The standard InChI is InChI=1S/C18H19NO/c20-14-18-11-17(16-9-5-2-6-10-16)13-19(18)12-15-7-3-1-4-8-15/h1-10,14,17-18H,11-13H2. The van der Waals surface area contributed by atoms with Crippen LogP contribution < -0.4 is 0 Å². The van der Waals surface area contributed by atoms with Crippen molar-refractivity contribution in [2.75, 3.05) is 6.54 Å². The molecular formula is C18H19NO. The van der Waals surface area contributed by atoms with E-state index in [1.165, 1.54) is 11.1 Å².